The van der Waals surface area contributed by atoms with E-state index in [1.54, 1.807) is 24.3 Å². The second kappa shape index (κ2) is 11.1. The number of nitrogens with one attached hydrogen (secondary N) is 2. The monoisotopic (exact) mass is 429 g/mol. The first-order valence-electron chi connectivity index (χ1n) is 8.63. The molecule has 6 nitrogen and oxygen atoms in total. The van der Waals surface area contributed by atoms with Crippen LogP contribution in [0.4, 0.5) is 4.39 Å². The summed E-state index contributed by atoms with van der Waals surface area (Å²) in [6.45, 7) is 2.14. The maximum Gasteiger partial charge on any atom is 0.244 e. The molecule has 0 bridgehead atoms. The number of hydrogen-bond acceptors (Lipinski definition) is 4. The van der Waals surface area contributed by atoms with Crippen molar-refractivity contribution >= 4 is 28.3 Å². The van der Waals surface area contributed by atoms with Crippen molar-refractivity contribution in [3.05, 3.63) is 66.0 Å². The Morgan fingerprint density at radius 3 is 2.32 bits per heavy atom. The molecule has 2 atom stereocenters. The highest BCUT2D eigenvalue weighted by molar-refractivity contribution is 7.89. The fraction of sp³-hybridized carbons (Fsp3) is 0.316. The predicted octanol–water partition coefficient (Wildman–Crippen LogP) is 1.99. The quantitative estimate of drug-likeness (QED) is 0.567. The number of amides is 1. The molecule has 9 heteroatoms. The van der Waals surface area contributed by atoms with Crippen molar-refractivity contribution in [2.75, 3.05) is 6.54 Å². The number of sulfonamides is 1. The fourth-order valence-corrected chi connectivity index (χ4v) is 3.77. The number of benzene rings is 2. The molecule has 4 N–H and O–H groups in total. The Bertz CT molecular complexity index is 864. The van der Waals surface area contributed by atoms with Crippen molar-refractivity contribution in [2.45, 2.75) is 36.7 Å². The largest absolute Gasteiger partial charge is 0.355 e. The van der Waals surface area contributed by atoms with Crippen molar-refractivity contribution in [1.29, 1.82) is 0 Å². The molecule has 0 fully saturated rings. The van der Waals surface area contributed by atoms with Gasteiger partial charge in [-0.3, -0.25) is 4.79 Å². The highest BCUT2D eigenvalue weighted by Crippen LogP contribution is 2.15. The van der Waals surface area contributed by atoms with E-state index in [0.29, 0.717) is 13.0 Å². The SMILES string of the molecule is CC(N)CCNC(=O)C(Cc1ccccc1)NS(=O)(=O)c1ccccc1F.Cl. The van der Waals surface area contributed by atoms with Crippen LogP contribution in [0, 0.1) is 5.82 Å². The maximum absolute atomic E-state index is 13.9. The van der Waals surface area contributed by atoms with E-state index in [-0.39, 0.29) is 24.9 Å². The highest BCUT2D eigenvalue weighted by Gasteiger charge is 2.27. The summed E-state index contributed by atoms with van der Waals surface area (Å²) in [5.74, 6) is -1.36. The van der Waals surface area contributed by atoms with Crippen LogP contribution in [0.2, 0.25) is 0 Å². The predicted molar refractivity (Wildman–Crippen MR) is 109 cm³/mol. The van der Waals surface area contributed by atoms with Gasteiger partial charge in [-0.05, 0) is 37.5 Å². The molecule has 0 aliphatic rings. The zero-order valence-electron chi connectivity index (χ0n) is 15.5. The molecule has 0 saturated heterocycles. The minimum Gasteiger partial charge on any atom is -0.355 e. The third-order valence-electron chi connectivity index (χ3n) is 3.92. The molecule has 0 aliphatic heterocycles. The van der Waals surface area contributed by atoms with E-state index in [2.05, 4.69) is 10.0 Å². The van der Waals surface area contributed by atoms with Crippen LogP contribution in [0.1, 0.15) is 18.9 Å². The van der Waals surface area contributed by atoms with Gasteiger partial charge in [0.2, 0.25) is 15.9 Å². The minimum absolute atomic E-state index is 0. The van der Waals surface area contributed by atoms with Gasteiger partial charge in [-0.15, -0.1) is 12.4 Å². The van der Waals surface area contributed by atoms with Crippen molar-refractivity contribution < 1.29 is 17.6 Å². The zero-order chi connectivity index (χ0) is 19.9. The molecule has 2 unspecified atom stereocenters. The average molecular weight is 430 g/mol. The first-order valence-corrected chi connectivity index (χ1v) is 10.1. The van der Waals surface area contributed by atoms with E-state index in [1.165, 1.54) is 12.1 Å². The van der Waals surface area contributed by atoms with Gasteiger partial charge in [0.25, 0.3) is 0 Å². The van der Waals surface area contributed by atoms with E-state index in [0.717, 1.165) is 17.7 Å². The number of carbonyl (C=O) groups excluding carboxylic acids is 1. The van der Waals surface area contributed by atoms with E-state index >= 15 is 0 Å². The third kappa shape index (κ3) is 7.20. The van der Waals surface area contributed by atoms with Crippen LogP contribution in [-0.2, 0) is 21.2 Å². The number of rotatable bonds is 9. The smallest absolute Gasteiger partial charge is 0.244 e. The number of halogens is 2. The average Bonchev–Trinajstić information content (AvgIpc) is 2.61. The first-order chi connectivity index (χ1) is 12.8. The Hall–Kier alpha value is -2.00. The second-order valence-electron chi connectivity index (χ2n) is 6.35. The summed E-state index contributed by atoms with van der Waals surface area (Å²) in [5.41, 5.74) is 6.45. The Morgan fingerprint density at radius 1 is 1.11 bits per heavy atom. The van der Waals surface area contributed by atoms with Gasteiger partial charge in [-0.2, -0.15) is 4.72 Å². The maximum atomic E-state index is 13.9. The van der Waals surface area contributed by atoms with Crippen LogP contribution in [0.3, 0.4) is 0 Å². The lowest BCUT2D eigenvalue weighted by atomic mass is 10.1. The van der Waals surface area contributed by atoms with Gasteiger partial charge in [-0.25, -0.2) is 12.8 Å². The highest BCUT2D eigenvalue weighted by atomic mass is 35.5. The number of carbonyl (C=O) groups is 1. The normalized spacial score (nSPS) is 13.2. The molecular weight excluding hydrogens is 405 g/mol. The van der Waals surface area contributed by atoms with Crippen LogP contribution in [-0.4, -0.2) is 33.0 Å². The zero-order valence-corrected chi connectivity index (χ0v) is 17.1. The third-order valence-corrected chi connectivity index (χ3v) is 5.43. The molecule has 2 rings (SSSR count). The summed E-state index contributed by atoms with van der Waals surface area (Å²) < 4.78 is 41.4. The summed E-state index contributed by atoms with van der Waals surface area (Å²) in [6.07, 6.45) is 0.697. The van der Waals surface area contributed by atoms with Gasteiger partial charge >= 0.3 is 0 Å². The molecule has 2 aromatic carbocycles. The molecule has 0 radical (unpaired) electrons. The van der Waals surface area contributed by atoms with Gasteiger partial charge in [0, 0.05) is 12.6 Å². The summed E-state index contributed by atoms with van der Waals surface area (Å²) in [6, 6.07) is 12.9. The van der Waals surface area contributed by atoms with Crippen molar-refractivity contribution in [3.63, 3.8) is 0 Å². The van der Waals surface area contributed by atoms with Crippen molar-refractivity contribution in [3.8, 4) is 0 Å². The molecule has 154 valence electrons. The number of hydrogen-bond donors (Lipinski definition) is 3. The van der Waals surface area contributed by atoms with Gasteiger partial charge in [0.15, 0.2) is 0 Å². The molecule has 0 aliphatic carbocycles. The fourth-order valence-electron chi connectivity index (χ4n) is 2.50. The summed E-state index contributed by atoms with van der Waals surface area (Å²) in [5, 5.41) is 2.68. The standard InChI is InChI=1S/C19H24FN3O3S.ClH/c1-14(21)11-12-22-19(24)17(13-15-7-3-2-4-8-15)23-27(25,26)18-10-6-5-9-16(18)20;/h2-10,14,17,23H,11-13,21H2,1H3,(H,22,24);1H. The Labute approximate surface area is 171 Å². The Morgan fingerprint density at radius 2 is 1.71 bits per heavy atom. The Kier molecular flexibility index (Phi) is 9.54. The topological polar surface area (TPSA) is 101 Å². The lowest BCUT2D eigenvalue weighted by Gasteiger charge is -2.19. The molecule has 0 heterocycles. The molecule has 28 heavy (non-hydrogen) atoms. The second-order valence-corrected chi connectivity index (χ2v) is 8.03. The van der Waals surface area contributed by atoms with E-state index in [1.807, 2.05) is 13.0 Å². The lowest BCUT2D eigenvalue weighted by Crippen LogP contribution is -2.48. The molecule has 2 aromatic rings. The molecule has 0 saturated carbocycles. The van der Waals surface area contributed by atoms with E-state index < -0.39 is 32.7 Å². The van der Waals surface area contributed by atoms with Gasteiger partial charge in [-0.1, -0.05) is 42.5 Å². The van der Waals surface area contributed by atoms with E-state index in [4.69, 9.17) is 5.73 Å². The molecule has 1 amide bonds. The van der Waals surface area contributed by atoms with E-state index in [9.17, 15) is 17.6 Å². The van der Waals surface area contributed by atoms with Gasteiger partial charge < -0.3 is 11.1 Å². The van der Waals surface area contributed by atoms with Crippen LogP contribution in [0.15, 0.2) is 59.5 Å². The van der Waals surface area contributed by atoms with Gasteiger partial charge in [0.05, 0.1) is 0 Å². The minimum atomic E-state index is -4.21. The van der Waals surface area contributed by atoms with Gasteiger partial charge in [0.1, 0.15) is 16.8 Å². The summed E-state index contributed by atoms with van der Waals surface area (Å²) in [4.78, 5) is 12.1. The summed E-state index contributed by atoms with van der Waals surface area (Å²) >= 11 is 0. The lowest BCUT2D eigenvalue weighted by molar-refractivity contribution is -0.122. The van der Waals surface area contributed by atoms with Crippen LogP contribution in [0.25, 0.3) is 0 Å². The van der Waals surface area contributed by atoms with Crippen molar-refractivity contribution in [2.24, 2.45) is 5.73 Å². The summed E-state index contributed by atoms with van der Waals surface area (Å²) in [7, 11) is -4.21. The Balaban J connectivity index is 0.00000392. The molecule has 0 spiro atoms. The van der Waals surface area contributed by atoms with Crippen LogP contribution in [0.5, 0.6) is 0 Å². The number of nitrogens with two attached hydrogens (primary N) is 1. The van der Waals surface area contributed by atoms with Crippen molar-refractivity contribution in [1.82, 2.24) is 10.0 Å². The van der Waals surface area contributed by atoms with Crippen LogP contribution < -0.4 is 15.8 Å². The van der Waals surface area contributed by atoms with Crippen LogP contribution >= 0.6 is 12.4 Å². The first kappa shape index (κ1) is 24.0. The molecule has 0 aromatic heterocycles. The molecular formula is C19H25ClFN3O3S.